The minimum atomic E-state index is -0.329. The molecule has 0 saturated carbocycles. The Morgan fingerprint density at radius 1 is 1.24 bits per heavy atom. The number of piperidine rings is 1. The van der Waals surface area contributed by atoms with E-state index in [0.29, 0.717) is 6.04 Å². The summed E-state index contributed by atoms with van der Waals surface area (Å²) in [6.45, 7) is 8.01. The van der Waals surface area contributed by atoms with E-state index in [2.05, 4.69) is 4.90 Å². The summed E-state index contributed by atoms with van der Waals surface area (Å²) in [7, 11) is 0. The summed E-state index contributed by atoms with van der Waals surface area (Å²) < 4.78 is 0. The van der Waals surface area contributed by atoms with Gasteiger partial charge in [-0.1, -0.05) is 20.3 Å². The first-order chi connectivity index (χ1) is 8.09. The summed E-state index contributed by atoms with van der Waals surface area (Å²) in [5, 5.41) is 0. The molecule has 2 N–H and O–H groups in total. The van der Waals surface area contributed by atoms with Gasteiger partial charge < -0.3 is 10.6 Å². The van der Waals surface area contributed by atoms with Gasteiger partial charge in [0.1, 0.15) is 0 Å². The molecule has 98 valence electrons. The molecule has 2 rings (SSSR count). The number of hydrogen-bond acceptors (Lipinski definition) is 3. The predicted octanol–water partition coefficient (Wildman–Crippen LogP) is 0.666. The molecule has 2 heterocycles. The number of amides is 1. The van der Waals surface area contributed by atoms with Gasteiger partial charge in [0, 0.05) is 25.7 Å². The summed E-state index contributed by atoms with van der Waals surface area (Å²) in [5.74, 6) is 0.372. The average Bonchev–Trinajstić information content (AvgIpc) is 2.36. The molecule has 0 aromatic carbocycles. The maximum absolute atomic E-state index is 12.2. The van der Waals surface area contributed by atoms with E-state index in [1.165, 1.54) is 25.8 Å². The van der Waals surface area contributed by atoms with Crippen LogP contribution in [-0.2, 0) is 4.79 Å². The summed E-state index contributed by atoms with van der Waals surface area (Å²) in [6.07, 6.45) is 3.86. The van der Waals surface area contributed by atoms with Crippen LogP contribution in [0.5, 0.6) is 0 Å². The molecular formula is C13H25N3O. The molecule has 0 aliphatic carbocycles. The van der Waals surface area contributed by atoms with Crippen molar-refractivity contribution >= 4 is 5.91 Å². The molecule has 4 nitrogen and oxygen atoms in total. The topological polar surface area (TPSA) is 49.6 Å². The molecule has 0 radical (unpaired) electrons. The number of hydrogen-bond donors (Lipinski definition) is 1. The van der Waals surface area contributed by atoms with Crippen molar-refractivity contribution < 1.29 is 4.79 Å². The van der Waals surface area contributed by atoms with Crippen molar-refractivity contribution in [2.24, 2.45) is 11.7 Å². The van der Waals surface area contributed by atoms with Crippen LogP contribution in [0, 0.1) is 5.92 Å². The van der Waals surface area contributed by atoms with Gasteiger partial charge in [0.05, 0.1) is 6.04 Å². The second-order valence-electron chi connectivity index (χ2n) is 5.74. The maximum atomic E-state index is 12.2. The van der Waals surface area contributed by atoms with Crippen LogP contribution in [0.3, 0.4) is 0 Å². The van der Waals surface area contributed by atoms with Crippen molar-refractivity contribution in [3.8, 4) is 0 Å². The summed E-state index contributed by atoms with van der Waals surface area (Å²) >= 11 is 0. The zero-order valence-electron chi connectivity index (χ0n) is 11.1. The average molecular weight is 239 g/mol. The highest BCUT2D eigenvalue weighted by Gasteiger charge is 2.33. The summed E-state index contributed by atoms with van der Waals surface area (Å²) in [6, 6.07) is 0.256. The molecular weight excluding hydrogens is 214 g/mol. The number of rotatable bonds is 2. The lowest BCUT2D eigenvalue weighted by molar-refractivity contribution is -0.137. The fourth-order valence-corrected chi connectivity index (χ4v) is 2.85. The van der Waals surface area contributed by atoms with E-state index in [0.717, 1.165) is 19.6 Å². The molecule has 2 aliphatic heterocycles. The lowest BCUT2D eigenvalue weighted by Crippen LogP contribution is -2.59. The Morgan fingerprint density at radius 2 is 2.00 bits per heavy atom. The molecule has 2 saturated heterocycles. The van der Waals surface area contributed by atoms with Crippen LogP contribution in [0.2, 0.25) is 0 Å². The van der Waals surface area contributed by atoms with Gasteiger partial charge in [-0.3, -0.25) is 9.69 Å². The van der Waals surface area contributed by atoms with Gasteiger partial charge in [0.2, 0.25) is 5.91 Å². The van der Waals surface area contributed by atoms with E-state index < -0.39 is 0 Å². The third-order valence-corrected chi connectivity index (χ3v) is 4.15. The van der Waals surface area contributed by atoms with Crippen LogP contribution in [0.1, 0.15) is 33.1 Å². The van der Waals surface area contributed by atoms with Crippen LogP contribution >= 0.6 is 0 Å². The zero-order chi connectivity index (χ0) is 12.4. The van der Waals surface area contributed by atoms with Crippen molar-refractivity contribution in [1.82, 2.24) is 9.80 Å². The quantitative estimate of drug-likeness (QED) is 0.770. The molecule has 4 heteroatoms. The van der Waals surface area contributed by atoms with Crippen LogP contribution < -0.4 is 5.73 Å². The number of piperazine rings is 1. The van der Waals surface area contributed by atoms with Gasteiger partial charge in [-0.25, -0.2) is 0 Å². The smallest absolute Gasteiger partial charge is 0.239 e. The van der Waals surface area contributed by atoms with Crippen molar-refractivity contribution in [1.29, 1.82) is 0 Å². The molecule has 0 spiro atoms. The Kier molecular flexibility index (Phi) is 4.05. The Labute approximate surface area is 104 Å². The van der Waals surface area contributed by atoms with Crippen molar-refractivity contribution in [2.45, 2.75) is 45.2 Å². The van der Waals surface area contributed by atoms with Gasteiger partial charge in [-0.2, -0.15) is 0 Å². The highest BCUT2D eigenvalue weighted by molar-refractivity contribution is 5.82. The molecule has 1 amide bonds. The van der Waals surface area contributed by atoms with E-state index >= 15 is 0 Å². The van der Waals surface area contributed by atoms with Crippen LogP contribution in [0.25, 0.3) is 0 Å². The van der Waals surface area contributed by atoms with Crippen molar-refractivity contribution in [3.63, 3.8) is 0 Å². The number of nitrogens with zero attached hydrogens (tertiary/aromatic N) is 2. The second kappa shape index (κ2) is 5.36. The van der Waals surface area contributed by atoms with Gasteiger partial charge in [0.25, 0.3) is 0 Å². The first kappa shape index (κ1) is 12.8. The molecule has 0 aromatic rings. The second-order valence-corrected chi connectivity index (χ2v) is 5.74. The lowest BCUT2D eigenvalue weighted by atomic mass is 9.98. The Bertz CT molecular complexity index is 280. The van der Waals surface area contributed by atoms with E-state index in [9.17, 15) is 4.79 Å². The van der Waals surface area contributed by atoms with Gasteiger partial charge in [-0.05, 0) is 25.3 Å². The van der Waals surface area contributed by atoms with Crippen LogP contribution in [0.15, 0.2) is 0 Å². The third-order valence-electron chi connectivity index (χ3n) is 4.15. The molecule has 1 unspecified atom stereocenters. The molecule has 17 heavy (non-hydrogen) atoms. The minimum absolute atomic E-state index is 0.144. The highest BCUT2D eigenvalue weighted by atomic mass is 16.2. The first-order valence-corrected chi connectivity index (χ1v) is 6.88. The minimum Gasteiger partial charge on any atom is -0.338 e. The van der Waals surface area contributed by atoms with E-state index in [-0.39, 0.29) is 17.9 Å². The molecule has 2 aliphatic rings. The number of fused-ring (bicyclic) bond motifs is 1. The fraction of sp³-hybridized carbons (Fsp3) is 0.923. The molecule has 2 atom stereocenters. The Hall–Kier alpha value is -0.610. The number of carbonyl (C=O) groups is 1. The predicted molar refractivity (Wildman–Crippen MR) is 68.6 cm³/mol. The Morgan fingerprint density at radius 3 is 2.71 bits per heavy atom. The third kappa shape index (κ3) is 2.80. The molecule has 2 fully saturated rings. The van der Waals surface area contributed by atoms with Crippen molar-refractivity contribution in [3.05, 3.63) is 0 Å². The standard InChI is InChI=1S/C13H25N3O/c1-10(2)12(14)13(17)16-8-7-15-6-4-3-5-11(15)9-16/h10-12H,3-9,14H2,1-2H3/t11?,12-/m1/s1. The highest BCUT2D eigenvalue weighted by Crippen LogP contribution is 2.21. The monoisotopic (exact) mass is 239 g/mol. The SMILES string of the molecule is CC(C)[C@@H](N)C(=O)N1CCN2CCCCC2C1. The number of nitrogens with two attached hydrogens (primary N) is 1. The van der Waals surface area contributed by atoms with E-state index in [1.807, 2.05) is 18.7 Å². The first-order valence-electron chi connectivity index (χ1n) is 6.88. The molecule has 0 bridgehead atoms. The van der Waals surface area contributed by atoms with Gasteiger partial charge in [-0.15, -0.1) is 0 Å². The number of carbonyl (C=O) groups excluding carboxylic acids is 1. The summed E-state index contributed by atoms with van der Waals surface area (Å²) in [4.78, 5) is 16.7. The summed E-state index contributed by atoms with van der Waals surface area (Å²) in [5.41, 5.74) is 5.95. The van der Waals surface area contributed by atoms with Gasteiger partial charge in [0.15, 0.2) is 0 Å². The molecule has 0 aromatic heterocycles. The van der Waals surface area contributed by atoms with Crippen LogP contribution in [-0.4, -0.2) is 54.0 Å². The van der Waals surface area contributed by atoms with Gasteiger partial charge >= 0.3 is 0 Å². The maximum Gasteiger partial charge on any atom is 0.239 e. The normalized spacial score (nSPS) is 28.0. The largest absolute Gasteiger partial charge is 0.338 e. The zero-order valence-corrected chi connectivity index (χ0v) is 11.1. The van der Waals surface area contributed by atoms with E-state index in [4.69, 9.17) is 5.73 Å². The lowest BCUT2D eigenvalue weighted by Gasteiger charge is -2.44. The van der Waals surface area contributed by atoms with Crippen molar-refractivity contribution in [2.75, 3.05) is 26.2 Å². The Balaban J connectivity index is 1.93. The van der Waals surface area contributed by atoms with E-state index in [1.54, 1.807) is 0 Å². The van der Waals surface area contributed by atoms with Crippen LogP contribution in [0.4, 0.5) is 0 Å². The fourth-order valence-electron chi connectivity index (χ4n) is 2.85.